The van der Waals surface area contributed by atoms with Crippen LogP contribution >= 0.6 is 0 Å². The summed E-state index contributed by atoms with van der Waals surface area (Å²) in [7, 11) is 0. The third-order valence-electron chi connectivity index (χ3n) is 4.81. The van der Waals surface area contributed by atoms with Crippen LogP contribution in [0.2, 0.25) is 0 Å². The first kappa shape index (κ1) is 26.7. The molecular formula is C23H40N4O4. The number of nitrogens with zero attached hydrogens (tertiary/aromatic N) is 1. The van der Waals surface area contributed by atoms with E-state index in [1.54, 1.807) is 0 Å². The first-order valence-corrected chi connectivity index (χ1v) is 11.3. The fourth-order valence-electron chi connectivity index (χ4n) is 2.95. The van der Waals surface area contributed by atoms with Crippen LogP contribution in [0.15, 0.2) is 24.3 Å². The lowest BCUT2D eigenvalue weighted by Gasteiger charge is -2.25. The monoisotopic (exact) mass is 436 g/mol. The SMILES string of the molecule is CCCCNC(=O)OCCN(CCOC(=O)NCCCC)CC(N)c1cccc(C)c1. The summed E-state index contributed by atoms with van der Waals surface area (Å²) >= 11 is 0. The molecule has 1 aromatic carbocycles. The molecular weight excluding hydrogens is 396 g/mol. The lowest BCUT2D eigenvalue weighted by molar-refractivity contribution is 0.104. The van der Waals surface area contributed by atoms with Gasteiger partial charge in [-0.3, -0.25) is 4.90 Å². The van der Waals surface area contributed by atoms with Crippen molar-refractivity contribution < 1.29 is 19.1 Å². The average molecular weight is 437 g/mol. The summed E-state index contributed by atoms with van der Waals surface area (Å²) in [6, 6.07) is 7.90. The van der Waals surface area contributed by atoms with Crippen molar-refractivity contribution >= 4 is 12.2 Å². The van der Waals surface area contributed by atoms with Crippen molar-refractivity contribution in [3.63, 3.8) is 0 Å². The summed E-state index contributed by atoms with van der Waals surface area (Å²) in [6.45, 7) is 9.42. The van der Waals surface area contributed by atoms with Gasteiger partial charge in [-0.25, -0.2) is 9.59 Å². The molecule has 0 aliphatic heterocycles. The first-order valence-electron chi connectivity index (χ1n) is 11.3. The van der Waals surface area contributed by atoms with Crippen molar-refractivity contribution in [2.45, 2.75) is 52.5 Å². The summed E-state index contributed by atoms with van der Waals surface area (Å²) in [4.78, 5) is 25.6. The quantitative estimate of drug-likeness (QED) is 0.364. The van der Waals surface area contributed by atoms with Gasteiger partial charge in [-0.15, -0.1) is 0 Å². The Bertz CT molecular complexity index is 614. The number of alkyl carbamates (subject to hydrolysis) is 2. The predicted octanol–water partition coefficient (Wildman–Crippen LogP) is 3.35. The summed E-state index contributed by atoms with van der Waals surface area (Å²) in [5.74, 6) is 0. The van der Waals surface area contributed by atoms with Crippen LogP contribution in [0.4, 0.5) is 9.59 Å². The zero-order valence-corrected chi connectivity index (χ0v) is 19.3. The molecule has 8 heteroatoms. The molecule has 0 saturated heterocycles. The summed E-state index contributed by atoms with van der Waals surface area (Å²) in [5, 5.41) is 5.46. The lowest BCUT2D eigenvalue weighted by atomic mass is 10.0. The van der Waals surface area contributed by atoms with E-state index >= 15 is 0 Å². The van der Waals surface area contributed by atoms with E-state index in [9.17, 15) is 9.59 Å². The van der Waals surface area contributed by atoms with E-state index in [1.165, 1.54) is 0 Å². The molecule has 0 aliphatic rings. The maximum Gasteiger partial charge on any atom is 0.407 e. The number of carbonyl (C=O) groups is 2. The third kappa shape index (κ3) is 12.9. The number of hydrogen-bond acceptors (Lipinski definition) is 6. The molecule has 0 radical (unpaired) electrons. The molecule has 1 atom stereocenters. The maximum atomic E-state index is 11.8. The summed E-state index contributed by atoms with van der Waals surface area (Å²) in [5.41, 5.74) is 8.60. The fourth-order valence-corrected chi connectivity index (χ4v) is 2.95. The number of amides is 2. The third-order valence-corrected chi connectivity index (χ3v) is 4.81. The molecule has 31 heavy (non-hydrogen) atoms. The smallest absolute Gasteiger partial charge is 0.407 e. The van der Waals surface area contributed by atoms with Crippen molar-refractivity contribution in [3.05, 3.63) is 35.4 Å². The van der Waals surface area contributed by atoms with Gasteiger partial charge in [0.05, 0.1) is 0 Å². The van der Waals surface area contributed by atoms with Crippen molar-refractivity contribution in [1.82, 2.24) is 15.5 Å². The van der Waals surface area contributed by atoms with E-state index < -0.39 is 12.2 Å². The number of ether oxygens (including phenoxy) is 2. The average Bonchev–Trinajstić information content (AvgIpc) is 2.74. The molecule has 0 fully saturated rings. The molecule has 1 aromatic rings. The van der Waals surface area contributed by atoms with Crippen molar-refractivity contribution in [2.24, 2.45) is 5.73 Å². The summed E-state index contributed by atoms with van der Waals surface area (Å²) in [6.07, 6.45) is 3.04. The molecule has 0 aromatic heterocycles. The van der Waals surface area contributed by atoms with Gasteiger partial charge in [0.15, 0.2) is 0 Å². The van der Waals surface area contributed by atoms with Crippen LogP contribution in [0.1, 0.15) is 56.7 Å². The minimum atomic E-state index is -0.414. The highest BCUT2D eigenvalue weighted by Gasteiger charge is 2.14. The van der Waals surface area contributed by atoms with E-state index in [4.69, 9.17) is 15.2 Å². The van der Waals surface area contributed by atoms with Gasteiger partial charge < -0.3 is 25.8 Å². The Kier molecular flexibility index (Phi) is 14.1. The van der Waals surface area contributed by atoms with Gasteiger partial charge in [-0.05, 0) is 25.3 Å². The molecule has 0 saturated carbocycles. The van der Waals surface area contributed by atoms with E-state index in [2.05, 4.69) is 30.5 Å². The highest BCUT2D eigenvalue weighted by molar-refractivity contribution is 5.67. The maximum absolute atomic E-state index is 11.8. The minimum Gasteiger partial charge on any atom is -0.448 e. The molecule has 2 amide bonds. The Morgan fingerprint density at radius 2 is 1.55 bits per heavy atom. The van der Waals surface area contributed by atoms with Crippen LogP contribution < -0.4 is 16.4 Å². The minimum absolute atomic E-state index is 0.198. The second-order valence-electron chi connectivity index (χ2n) is 7.65. The predicted molar refractivity (Wildman–Crippen MR) is 123 cm³/mol. The van der Waals surface area contributed by atoms with Crippen molar-refractivity contribution in [1.29, 1.82) is 0 Å². The van der Waals surface area contributed by atoms with Gasteiger partial charge in [-0.1, -0.05) is 56.5 Å². The van der Waals surface area contributed by atoms with Gasteiger partial charge in [0.2, 0.25) is 0 Å². The molecule has 176 valence electrons. The lowest BCUT2D eigenvalue weighted by Crippen LogP contribution is -2.39. The van der Waals surface area contributed by atoms with Gasteiger partial charge in [0.1, 0.15) is 13.2 Å². The zero-order valence-electron chi connectivity index (χ0n) is 19.3. The number of nitrogens with one attached hydrogen (secondary N) is 2. The van der Waals surface area contributed by atoms with Crippen LogP contribution in [-0.4, -0.2) is 63.0 Å². The molecule has 0 aliphatic carbocycles. The fraction of sp³-hybridized carbons (Fsp3) is 0.652. The Hall–Kier alpha value is -2.32. The van der Waals surface area contributed by atoms with Gasteiger partial charge >= 0.3 is 12.2 Å². The van der Waals surface area contributed by atoms with Crippen LogP contribution in [0, 0.1) is 6.92 Å². The zero-order chi connectivity index (χ0) is 22.9. The number of rotatable bonds is 15. The number of benzene rings is 1. The topological polar surface area (TPSA) is 106 Å². The standard InChI is InChI=1S/C23H40N4O4/c1-4-6-11-25-22(28)30-15-13-27(14-16-31-23(29)26-12-7-5-2)18-21(24)20-10-8-9-19(3)17-20/h8-10,17,21H,4-7,11-16,18,24H2,1-3H3,(H,25,28)(H,26,29). The van der Waals surface area contributed by atoms with Gasteiger partial charge in [-0.2, -0.15) is 0 Å². The molecule has 4 N–H and O–H groups in total. The highest BCUT2D eigenvalue weighted by atomic mass is 16.6. The first-order chi connectivity index (χ1) is 15.0. The Balaban J connectivity index is 2.51. The Morgan fingerprint density at radius 3 is 2.03 bits per heavy atom. The van der Waals surface area contributed by atoms with Crippen LogP contribution in [0.3, 0.4) is 0 Å². The molecule has 0 spiro atoms. The van der Waals surface area contributed by atoms with Crippen LogP contribution in [0.5, 0.6) is 0 Å². The van der Waals surface area contributed by atoms with Crippen LogP contribution in [0.25, 0.3) is 0 Å². The largest absolute Gasteiger partial charge is 0.448 e. The number of unbranched alkanes of at least 4 members (excludes halogenated alkanes) is 2. The highest BCUT2D eigenvalue weighted by Crippen LogP contribution is 2.13. The van der Waals surface area contributed by atoms with Crippen molar-refractivity contribution in [3.8, 4) is 0 Å². The number of hydrogen-bond donors (Lipinski definition) is 3. The molecule has 8 nitrogen and oxygen atoms in total. The summed E-state index contributed by atoms with van der Waals surface area (Å²) < 4.78 is 10.5. The molecule has 1 unspecified atom stereocenters. The van der Waals surface area contributed by atoms with Crippen LogP contribution in [-0.2, 0) is 9.47 Å². The number of carbonyl (C=O) groups excluding carboxylic acids is 2. The normalized spacial score (nSPS) is 11.8. The van der Waals surface area contributed by atoms with E-state index in [-0.39, 0.29) is 19.3 Å². The van der Waals surface area contributed by atoms with Crippen molar-refractivity contribution in [2.75, 3.05) is 45.9 Å². The number of aryl methyl sites for hydroxylation is 1. The molecule has 0 heterocycles. The number of nitrogens with two attached hydrogens (primary N) is 1. The Labute approximate surface area is 186 Å². The molecule has 1 rings (SSSR count). The van der Waals surface area contributed by atoms with E-state index in [1.807, 2.05) is 30.0 Å². The second kappa shape index (κ2) is 16.4. The van der Waals surface area contributed by atoms with E-state index in [0.29, 0.717) is 32.7 Å². The molecule has 0 bridgehead atoms. The second-order valence-corrected chi connectivity index (χ2v) is 7.65. The van der Waals surface area contributed by atoms with Gasteiger partial charge in [0.25, 0.3) is 0 Å². The van der Waals surface area contributed by atoms with E-state index in [0.717, 1.165) is 36.8 Å². The Morgan fingerprint density at radius 1 is 1.00 bits per heavy atom. The van der Waals surface area contributed by atoms with Gasteiger partial charge in [0, 0.05) is 38.8 Å².